The highest BCUT2D eigenvalue weighted by atomic mass is 79.9. The largest absolute Gasteiger partial charge is 0.468 e. The maximum absolute atomic E-state index is 11.1. The summed E-state index contributed by atoms with van der Waals surface area (Å²) in [5.41, 5.74) is 4.14. The number of ether oxygens (including phenoxy) is 2. The summed E-state index contributed by atoms with van der Waals surface area (Å²) in [6.45, 7) is 3.97. The highest BCUT2D eigenvalue weighted by molar-refractivity contribution is 9.09. The number of carbonyl (C=O) groups is 2. The lowest BCUT2D eigenvalue weighted by atomic mass is 10.2. The Hall–Kier alpha value is -2.82. The molecule has 0 unspecified atom stereocenters. The quantitative estimate of drug-likeness (QED) is 0.114. The predicted octanol–water partition coefficient (Wildman–Crippen LogP) is 7.15. The number of benzene rings is 2. The molecule has 0 aliphatic rings. The molecule has 4 aromatic rings. The zero-order valence-corrected chi connectivity index (χ0v) is 24.3. The third kappa shape index (κ3) is 11.0. The van der Waals surface area contributed by atoms with Crippen LogP contribution in [0.25, 0.3) is 21.8 Å². The Labute approximate surface area is 235 Å². The van der Waals surface area contributed by atoms with E-state index in [4.69, 9.17) is 13.6 Å². The predicted molar refractivity (Wildman–Crippen MR) is 156 cm³/mol. The van der Waals surface area contributed by atoms with E-state index in [0.717, 1.165) is 42.6 Å². The second-order valence-corrected chi connectivity index (χ2v) is 9.23. The standard InChI is InChI=1S/C13H13NO2S.C10H9NS.C3H5BrO2.CH3F/c1-9-7-12(17-8-13(15)16-2)10-5-3-4-6-11(10)14-9;1-7-6-10(12)8-4-2-3-5-9(8)11-7;1-6-3(5)2-4;1-2/h3-7H,8H2,1-2H3;2-6H,1H3,(H,11,12);2H2,1H3;1H3/i;;;1D. The fraction of sp³-hybridized carbons (Fsp3) is 0.259. The molecule has 10 heteroatoms. The van der Waals surface area contributed by atoms with Crippen molar-refractivity contribution in [1.29, 1.82) is 0 Å². The molecule has 2 heterocycles. The van der Waals surface area contributed by atoms with E-state index in [1.54, 1.807) is 0 Å². The van der Waals surface area contributed by atoms with Crippen molar-refractivity contribution >= 4 is 73.7 Å². The number of esters is 2. The minimum absolute atomic E-state index is 0.214. The van der Waals surface area contributed by atoms with Crippen molar-refractivity contribution in [3.05, 3.63) is 76.6 Å². The monoisotopic (exact) mass is 609 g/mol. The number of pyridine rings is 2. The van der Waals surface area contributed by atoms with Gasteiger partial charge in [-0.2, -0.15) is 0 Å². The minimum atomic E-state index is -1.00. The van der Waals surface area contributed by atoms with Gasteiger partial charge in [0.25, 0.3) is 0 Å². The molecule has 37 heavy (non-hydrogen) atoms. The molecule has 0 saturated carbocycles. The van der Waals surface area contributed by atoms with Crippen LogP contribution in [0.5, 0.6) is 0 Å². The molecule has 4 rings (SSSR count). The Morgan fingerprint density at radius 3 is 2.24 bits per heavy atom. The molecular weight excluding hydrogens is 579 g/mol. The van der Waals surface area contributed by atoms with Gasteiger partial charge in [0.1, 0.15) is 5.33 Å². The molecule has 1 N–H and O–H groups in total. The summed E-state index contributed by atoms with van der Waals surface area (Å²) in [6.07, 6.45) is 0. The molecule has 0 saturated heterocycles. The van der Waals surface area contributed by atoms with Crippen molar-refractivity contribution in [3.8, 4) is 0 Å². The van der Waals surface area contributed by atoms with Crippen molar-refractivity contribution in [2.45, 2.75) is 18.7 Å². The fourth-order valence-electron chi connectivity index (χ4n) is 2.97. The van der Waals surface area contributed by atoms with E-state index in [1.807, 2.05) is 74.5 Å². The highest BCUT2D eigenvalue weighted by Gasteiger charge is 2.07. The number of nitrogens with zero attached hydrogens (tertiary/aromatic N) is 1. The molecule has 0 radical (unpaired) electrons. The van der Waals surface area contributed by atoms with Gasteiger partial charge in [-0.15, -0.1) is 11.8 Å². The van der Waals surface area contributed by atoms with Gasteiger partial charge in [-0.25, -0.2) is 0 Å². The molecule has 0 aliphatic heterocycles. The Bertz CT molecular complexity index is 1380. The topological polar surface area (TPSA) is 81.3 Å². The van der Waals surface area contributed by atoms with E-state index in [-0.39, 0.29) is 17.3 Å². The molecule has 0 atom stereocenters. The SMILES string of the molecule is COC(=O)CBr.COC(=O)CSc1cc(C)nc2ccccc12.Cc1cc(=S)c2ccccc2[nH]1.[2H]CF. The molecule has 0 fully saturated rings. The lowest BCUT2D eigenvalue weighted by molar-refractivity contribution is -0.138. The van der Waals surface area contributed by atoms with Gasteiger partial charge in [0.15, 0.2) is 0 Å². The van der Waals surface area contributed by atoms with E-state index in [2.05, 4.69) is 35.4 Å². The number of aromatic nitrogens is 2. The number of fused-ring (bicyclic) bond motifs is 2. The van der Waals surface area contributed by atoms with Crippen LogP contribution in [-0.4, -0.2) is 54.4 Å². The van der Waals surface area contributed by atoms with E-state index in [9.17, 15) is 14.0 Å². The van der Waals surface area contributed by atoms with Crippen LogP contribution in [0.2, 0.25) is 0 Å². The number of nitrogens with one attached hydrogen (secondary N) is 1. The van der Waals surface area contributed by atoms with E-state index >= 15 is 0 Å². The number of carbonyl (C=O) groups excluding carboxylic acids is 2. The summed E-state index contributed by atoms with van der Waals surface area (Å²) in [5.74, 6) is -0.132. The summed E-state index contributed by atoms with van der Waals surface area (Å²) < 4.78 is 25.3. The Balaban J connectivity index is 0.000000298. The average molecular weight is 611 g/mol. The number of hydrogen-bond acceptors (Lipinski definition) is 7. The van der Waals surface area contributed by atoms with Gasteiger partial charge in [-0.1, -0.05) is 64.5 Å². The van der Waals surface area contributed by atoms with E-state index in [0.29, 0.717) is 5.75 Å². The van der Waals surface area contributed by atoms with Crippen molar-refractivity contribution < 1.29 is 24.8 Å². The number of hydrogen-bond donors (Lipinski definition) is 1. The van der Waals surface area contributed by atoms with Crippen molar-refractivity contribution in [3.63, 3.8) is 0 Å². The van der Waals surface area contributed by atoms with Gasteiger partial charge >= 0.3 is 11.9 Å². The zero-order valence-electron chi connectivity index (χ0n) is 22.0. The summed E-state index contributed by atoms with van der Waals surface area (Å²) in [5, 5.41) is 2.48. The first kappa shape index (κ1) is 30.4. The summed E-state index contributed by atoms with van der Waals surface area (Å²) in [7, 11) is 1.75. The summed E-state index contributed by atoms with van der Waals surface area (Å²) in [4.78, 5) is 29.8. The van der Waals surface area contributed by atoms with Crippen LogP contribution >= 0.6 is 39.9 Å². The number of methoxy groups -OCH3 is 2. The number of H-pyrrole nitrogens is 1. The Kier molecular flexibility index (Phi) is 14.5. The van der Waals surface area contributed by atoms with Crippen molar-refractivity contribution in [2.24, 2.45) is 0 Å². The van der Waals surface area contributed by atoms with Gasteiger partial charge in [0, 0.05) is 37.1 Å². The van der Waals surface area contributed by atoms with Gasteiger partial charge < -0.3 is 14.5 Å². The Morgan fingerprint density at radius 1 is 1.05 bits per heavy atom. The zero-order chi connectivity index (χ0) is 28.5. The van der Waals surface area contributed by atoms with Gasteiger partial charge in [-0.3, -0.25) is 19.0 Å². The first-order valence-corrected chi connectivity index (χ1v) is 13.3. The first-order valence-electron chi connectivity index (χ1n) is 11.5. The summed E-state index contributed by atoms with van der Waals surface area (Å²) in [6, 6.07) is 20.0. The Morgan fingerprint density at radius 2 is 1.65 bits per heavy atom. The smallest absolute Gasteiger partial charge is 0.316 e. The average Bonchev–Trinajstić information content (AvgIpc) is 2.92. The fourth-order valence-corrected chi connectivity index (χ4v) is 4.53. The molecule has 198 valence electrons. The van der Waals surface area contributed by atoms with Crippen LogP contribution in [0.15, 0.2) is 65.6 Å². The molecule has 0 aliphatic carbocycles. The van der Waals surface area contributed by atoms with Gasteiger partial charge in [-0.05, 0) is 38.1 Å². The second-order valence-electron chi connectivity index (χ2n) is 7.22. The van der Waals surface area contributed by atoms with Crippen molar-refractivity contribution in [1.82, 2.24) is 9.97 Å². The third-order valence-electron chi connectivity index (χ3n) is 4.59. The van der Waals surface area contributed by atoms with E-state index < -0.39 is 7.15 Å². The van der Waals surface area contributed by atoms with Crippen LogP contribution in [0.4, 0.5) is 4.39 Å². The maximum Gasteiger partial charge on any atom is 0.316 e. The number of halogens is 2. The van der Waals surface area contributed by atoms with Crippen LogP contribution in [-0.2, 0) is 19.1 Å². The van der Waals surface area contributed by atoms with Crippen LogP contribution in [0.3, 0.4) is 0 Å². The lowest BCUT2D eigenvalue weighted by Crippen LogP contribution is -2.03. The molecule has 0 bridgehead atoms. The first-order chi connectivity index (χ1) is 18.2. The molecule has 2 aromatic carbocycles. The molecular formula is C27H30BrFN2O4S2. The highest BCUT2D eigenvalue weighted by Crippen LogP contribution is 2.27. The summed E-state index contributed by atoms with van der Waals surface area (Å²) >= 11 is 9.60. The van der Waals surface area contributed by atoms with Crippen LogP contribution in [0, 0.1) is 18.4 Å². The van der Waals surface area contributed by atoms with Crippen LogP contribution in [0.1, 0.15) is 12.8 Å². The van der Waals surface area contributed by atoms with Crippen LogP contribution < -0.4 is 0 Å². The second kappa shape index (κ2) is 17.6. The number of rotatable bonds is 4. The third-order valence-corrected chi connectivity index (χ3v) is 6.41. The lowest BCUT2D eigenvalue weighted by Gasteiger charge is -2.06. The van der Waals surface area contributed by atoms with Gasteiger partial charge in [0.05, 0.1) is 34.0 Å². The molecule has 0 spiro atoms. The number of alkyl halides is 2. The molecule has 0 amide bonds. The maximum atomic E-state index is 11.1. The number of aryl methyl sites for hydroxylation is 2. The van der Waals surface area contributed by atoms with Crippen molar-refractivity contribution in [2.75, 3.05) is 32.5 Å². The molecule has 6 nitrogen and oxygen atoms in total. The number of aromatic amines is 1. The minimum Gasteiger partial charge on any atom is -0.468 e. The van der Waals surface area contributed by atoms with E-state index in [1.165, 1.54) is 26.0 Å². The van der Waals surface area contributed by atoms with Gasteiger partial charge in [0.2, 0.25) is 0 Å². The number of para-hydroxylation sites is 2. The number of thioether (sulfide) groups is 1. The molecule has 2 aromatic heterocycles. The normalized spacial score (nSPS) is 9.95.